The van der Waals surface area contributed by atoms with E-state index >= 15 is 0 Å². The zero-order valence-corrected chi connectivity index (χ0v) is 7.81. The van der Waals surface area contributed by atoms with Gasteiger partial charge in [-0.3, -0.25) is 4.79 Å². The van der Waals surface area contributed by atoms with Crippen molar-refractivity contribution < 1.29 is 4.79 Å². The topological polar surface area (TPSA) is 72.1 Å². The van der Waals surface area contributed by atoms with Gasteiger partial charge in [-0.25, -0.2) is 9.97 Å². The average molecular weight is 192 g/mol. The van der Waals surface area contributed by atoms with Gasteiger partial charge in [-0.2, -0.15) is 0 Å². The average Bonchev–Trinajstić information content (AvgIpc) is 2.69. The van der Waals surface area contributed by atoms with Crippen LogP contribution in [0.5, 0.6) is 0 Å². The number of carbonyl (C=O) groups excluding carboxylic acids is 1. The second-order valence-corrected chi connectivity index (χ2v) is 3.30. The quantitative estimate of drug-likeness (QED) is 0.694. The molecule has 0 saturated carbocycles. The maximum Gasteiger partial charge on any atom is 0.272 e. The maximum absolute atomic E-state index is 11.8. The zero-order chi connectivity index (χ0) is 9.97. The lowest BCUT2D eigenvalue weighted by molar-refractivity contribution is 0.0787. The monoisotopic (exact) mass is 192 g/mol. The second-order valence-electron chi connectivity index (χ2n) is 3.30. The highest BCUT2D eigenvalue weighted by Crippen LogP contribution is 2.11. The highest BCUT2D eigenvalue weighted by atomic mass is 16.2. The third-order valence-electron chi connectivity index (χ3n) is 2.29. The molecule has 0 aromatic carbocycles. The van der Waals surface area contributed by atoms with Crippen LogP contribution in [-0.4, -0.2) is 33.9 Å². The van der Waals surface area contributed by atoms with E-state index in [-0.39, 0.29) is 11.9 Å². The van der Waals surface area contributed by atoms with Crippen LogP contribution in [-0.2, 0) is 0 Å². The van der Waals surface area contributed by atoms with Crippen molar-refractivity contribution in [3.8, 4) is 0 Å². The Morgan fingerprint density at radius 3 is 2.79 bits per heavy atom. The van der Waals surface area contributed by atoms with Gasteiger partial charge in [0.25, 0.3) is 5.91 Å². The molecular weight excluding hydrogens is 180 g/mol. The largest absolute Gasteiger partial charge is 0.368 e. The zero-order valence-electron chi connectivity index (χ0n) is 7.81. The fraction of sp³-hybridized carbons (Fsp3) is 0.444. The van der Waals surface area contributed by atoms with Crippen molar-refractivity contribution in [2.45, 2.75) is 12.8 Å². The number of rotatable bonds is 1. The SMILES string of the molecule is Nc1nccc(C(=O)N2CCCC2)n1. The van der Waals surface area contributed by atoms with Crippen LogP contribution < -0.4 is 5.73 Å². The van der Waals surface area contributed by atoms with Gasteiger partial charge in [0.15, 0.2) is 0 Å². The molecule has 0 radical (unpaired) electrons. The predicted molar refractivity (Wildman–Crippen MR) is 51.6 cm³/mol. The van der Waals surface area contributed by atoms with Crippen LogP contribution in [0.15, 0.2) is 12.3 Å². The fourth-order valence-corrected chi connectivity index (χ4v) is 1.58. The molecule has 0 bridgehead atoms. The highest BCUT2D eigenvalue weighted by molar-refractivity contribution is 5.92. The minimum absolute atomic E-state index is 0.0448. The molecule has 0 unspecified atom stereocenters. The first-order valence-electron chi connectivity index (χ1n) is 4.65. The number of amides is 1. The second kappa shape index (κ2) is 3.61. The van der Waals surface area contributed by atoms with Gasteiger partial charge in [0.1, 0.15) is 5.69 Å². The van der Waals surface area contributed by atoms with Gasteiger partial charge >= 0.3 is 0 Å². The van der Waals surface area contributed by atoms with Gasteiger partial charge in [0, 0.05) is 19.3 Å². The molecular formula is C9H12N4O. The standard InChI is InChI=1S/C9H12N4O/c10-9-11-4-3-7(12-9)8(14)13-5-1-2-6-13/h3-4H,1-2,5-6H2,(H2,10,11,12). The van der Waals surface area contributed by atoms with Gasteiger partial charge in [0.2, 0.25) is 5.95 Å². The van der Waals surface area contributed by atoms with E-state index in [0.29, 0.717) is 5.69 Å². The van der Waals surface area contributed by atoms with Crippen LogP contribution in [0.4, 0.5) is 5.95 Å². The Morgan fingerprint density at radius 2 is 2.14 bits per heavy atom. The molecule has 0 spiro atoms. The van der Waals surface area contributed by atoms with Gasteiger partial charge in [-0.1, -0.05) is 0 Å². The first-order chi connectivity index (χ1) is 6.77. The number of anilines is 1. The third-order valence-corrected chi connectivity index (χ3v) is 2.29. The Balaban J connectivity index is 2.17. The number of carbonyl (C=O) groups is 1. The normalized spacial score (nSPS) is 15.9. The number of likely N-dealkylation sites (tertiary alicyclic amines) is 1. The summed E-state index contributed by atoms with van der Waals surface area (Å²) in [4.78, 5) is 21.2. The van der Waals surface area contributed by atoms with E-state index in [2.05, 4.69) is 9.97 Å². The molecule has 2 rings (SSSR count). The minimum atomic E-state index is -0.0448. The number of nitrogens with two attached hydrogens (primary N) is 1. The molecule has 0 atom stereocenters. The van der Waals surface area contributed by atoms with Crippen LogP contribution in [0.2, 0.25) is 0 Å². The first-order valence-corrected chi connectivity index (χ1v) is 4.65. The first kappa shape index (κ1) is 8.93. The lowest BCUT2D eigenvalue weighted by Gasteiger charge is -2.13. The molecule has 1 aliphatic rings. The summed E-state index contributed by atoms with van der Waals surface area (Å²) >= 11 is 0. The summed E-state index contributed by atoms with van der Waals surface area (Å²) < 4.78 is 0. The Bertz CT molecular complexity index is 346. The molecule has 1 aromatic rings. The lowest BCUT2D eigenvalue weighted by Crippen LogP contribution is -2.28. The Labute approximate surface area is 82.0 Å². The van der Waals surface area contributed by atoms with Crippen molar-refractivity contribution in [1.29, 1.82) is 0 Å². The molecule has 5 heteroatoms. The van der Waals surface area contributed by atoms with E-state index in [0.717, 1.165) is 25.9 Å². The van der Waals surface area contributed by atoms with Crippen molar-refractivity contribution in [1.82, 2.24) is 14.9 Å². The summed E-state index contributed by atoms with van der Waals surface area (Å²) in [6.45, 7) is 1.64. The van der Waals surface area contributed by atoms with Crippen LogP contribution >= 0.6 is 0 Å². The van der Waals surface area contributed by atoms with E-state index in [1.807, 2.05) is 0 Å². The van der Waals surface area contributed by atoms with E-state index in [4.69, 9.17) is 5.73 Å². The van der Waals surface area contributed by atoms with E-state index in [9.17, 15) is 4.79 Å². The van der Waals surface area contributed by atoms with Crippen LogP contribution in [0.1, 0.15) is 23.3 Å². The number of nitrogens with zero attached hydrogens (tertiary/aromatic N) is 3. The number of nitrogen functional groups attached to an aromatic ring is 1. The van der Waals surface area contributed by atoms with Crippen molar-refractivity contribution in [3.05, 3.63) is 18.0 Å². The van der Waals surface area contributed by atoms with Crippen molar-refractivity contribution in [3.63, 3.8) is 0 Å². The molecule has 1 aliphatic heterocycles. The molecule has 14 heavy (non-hydrogen) atoms. The van der Waals surface area contributed by atoms with Gasteiger partial charge in [0.05, 0.1) is 0 Å². The molecule has 1 amide bonds. The van der Waals surface area contributed by atoms with Gasteiger partial charge < -0.3 is 10.6 Å². The van der Waals surface area contributed by atoms with Crippen LogP contribution in [0, 0.1) is 0 Å². The molecule has 1 saturated heterocycles. The van der Waals surface area contributed by atoms with Crippen molar-refractivity contribution >= 4 is 11.9 Å². The summed E-state index contributed by atoms with van der Waals surface area (Å²) in [6.07, 6.45) is 3.66. The van der Waals surface area contributed by atoms with Crippen LogP contribution in [0.3, 0.4) is 0 Å². The molecule has 1 fully saturated rings. The number of hydrogen-bond acceptors (Lipinski definition) is 4. The van der Waals surface area contributed by atoms with Crippen LogP contribution in [0.25, 0.3) is 0 Å². The Morgan fingerprint density at radius 1 is 1.43 bits per heavy atom. The fourth-order valence-electron chi connectivity index (χ4n) is 1.58. The molecule has 1 aromatic heterocycles. The van der Waals surface area contributed by atoms with Gasteiger partial charge in [-0.15, -0.1) is 0 Å². The van der Waals surface area contributed by atoms with E-state index in [1.54, 1.807) is 11.0 Å². The predicted octanol–water partition coefficient (Wildman–Crippen LogP) is 0.295. The van der Waals surface area contributed by atoms with E-state index < -0.39 is 0 Å². The summed E-state index contributed by atoms with van der Waals surface area (Å²) in [5.41, 5.74) is 5.79. The third kappa shape index (κ3) is 1.66. The molecule has 5 nitrogen and oxygen atoms in total. The summed E-state index contributed by atoms with van der Waals surface area (Å²) in [6, 6.07) is 1.59. The highest BCUT2D eigenvalue weighted by Gasteiger charge is 2.20. The van der Waals surface area contributed by atoms with Crippen molar-refractivity contribution in [2.24, 2.45) is 0 Å². The Hall–Kier alpha value is -1.65. The maximum atomic E-state index is 11.8. The smallest absolute Gasteiger partial charge is 0.272 e. The summed E-state index contributed by atoms with van der Waals surface area (Å²) in [5.74, 6) is 0.103. The van der Waals surface area contributed by atoms with Crippen molar-refractivity contribution in [2.75, 3.05) is 18.8 Å². The molecule has 2 heterocycles. The number of aromatic nitrogens is 2. The van der Waals surface area contributed by atoms with Gasteiger partial charge in [-0.05, 0) is 18.9 Å². The summed E-state index contributed by atoms with van der Waals surface area (Å²) in [7, 11) is 0. The Kier molecular flexibility index (Phi) is 2.30. The van der Waals surface area contributed by atoms with E-state index in [1.165, 1.54) is 6.20 Å². The molecule has 74 valence electrons. The number of hydrogen-bond donors (Lipinski definition) is 1. The molecule has 2 N–H and O–H groups in total. The lowest BCUT2D eigenvalue weighted by atomic mass is 10.3. The minimum Gasteiger partial charge on any atom is -0.368 e. The molecule has 0 aliphatic carbocycles. The summed E-state index contributed by atoms with van der Waals surface area (Å²) in [5, 5.41) is 0.